The maximum absolute atomic E-state index is 14.9. The molecule has 4 rings (SSSR count). The molecule has 0 fully saturated rings. The minimum absolute atomic E-state index is 0.0332. The lowest BCUT2D eigenvalue weighted by Gasteiger charge is -2.31. The van der Waals surface area contributed by atoms with E-state index in [2.05, 4.69) is 20.9 Å². The van der Waals surface area contributed by atoms with Gasteiger partial charge in [-0.15, -0.1) is 0 Å². The molecule has 0 saturated carbocycles. The minimum atomic E-state index is -0.905. The maximum atomic E-state index is 14.9. The number of fused-ring (bicyclic) bond motifs is 1. The standard InChI is InChI=1S/C28H33F2N7O2/c1-15(2)32-26(38)18-11-10-16(3)19(12-18)23-20-13-31-28(39)37(24-21(29)8-7-9-22(24)30)25(20)35-27(34-23)33-17(4)14-36(5)6/h7-12,15,17H,13-14H2,1-6H3,(H,31,39)(H,32,38)(H,33,34,35). The van der Waals surface area contributed by atoms with Crippen molar-refractivity contribution in [1.82, 2.24) is 25.5 Å². The minimum Gasteiger partial charge on any atom is -0.350 e. The Bertz CT molecular complexity index is 1390. The van der Waals surface area contributed by atoms with Gasteiger partial charge in [0.05, 0.1) is 12.2 Å². The van der Waals surface area contributed by atoms with Crippen molar-refractivity contribution in [3.63, 3.8) is 0 Å². The van der Waals surface area contributed by atoms with Gasteiger partial charge in [0.25, 0.3) is 5.91 Å². The number of aromatic nitrogens is 2. The molecule has 2 heterocycles. The predicted octanol–water partition coefficient (Wildman–Crippen LogP) is 4.59. The van der Waals surface area contributed by atoms with Crippen molar-refractivity contribution in [2.75, 3.05) is 30.9 Å². The first-order valence-electron chi connectivity index (χ1n) is 12.7. The van der Waals surface area contributed by atoms with Crippen LogP contribution in [0.5, 0.6) is 0 Å². The molecule has 206 valence electrons. The molecule has 11 heteroatoms. The molecule has 3 N–H and O–H groups in total. The average Bonchev–Trinajstić information content (AvgIpc) is 2.84. The van der Waals surface area contributed by atoms with E-state index in [1.165, 1.54) is 6.07 Å². The zero-order valence-corrected chi connectivity index (χ0v) is 22.9. The summed E-state index contributed by atoms with van der Waals surface area (Å²) >= 11 is 0. The van der Waals surface area contributed by atoms with Crippen molar-refractivity contribution in [2.45, 2.75) is 46.3 Å². The Kier molecular flexibility index (Phi) is 8.10. The summed E-state index contributed by atoms with van der Waals surface area (Å²) in [7, 11) is 3.86. The average molecular weight is 538 g/mol. The zero-order chi connectivity index (χ0) is 28.4. The van der Waals surface area contributed by atoms with E-state index in [0.717, 1.165) is 22.6 Å². The summed E-state index contributed by atoms with van der Waals surface area (Å²) in [5.41, 5.74) is 2.27. The van der Waals surface area contributed by atoms with Crippen molar-refractivity contribution in [2.24, 2.45) is 0 Å². The van der Waals surface area contributed by atoms with Crippen LogP contribution in [0, 0.1) is 18.6 Å². The Balaban J connectivity index is 1.94. The number of nitrogens with zero attached hydrogens (tertiary/aromatic N) is 4. The van der Waals surface area contributed by atoms with E-state index in [0.29, 0.717) is 28.9 Å². The highest BCUT2D eigenvalue weighted by Crippen LogP contribution is 2.39. The fraction of sp³-hybridized carbons (Fsp3) is 0.357. The van der Waals surface area contributed by atoms with Gasteiger partial charge in [-0.3, -0.25) is 4.79 Å². The fourth-order valence-corrected chi connectivity index (χ4v) is 4.53. The summed E-state index contributed by atoms with van der Waals surface area (Å²) in [6.07, 6.45) is 0. The van der Waals surface area contributed by atoms with Crippen LogP contribution in [0.1, 0.15) is 42.3 Å². The molecule has 0 spiro atoms. The number of likely N-dealkylation sites (N-methyl/N-ethyl adjacent to an activating group) is 1. The predicted molar refractivity (Wildman–Crippen MR) is 147 cm³/mol. The van der Waals surface area contributed by atoms with Crippen molar-refractivity contribution in [1.29, 1.82) is 0 Å². The maximum Gasteiger partial charge on any atom is 0.328 e. The molecule has 9 nitrogen and oxygen atoms in total. The number of rotatable bonds is 8. The van der Waals surface area contributed by atoms with Gasteiger partial charge in [-0.05, 0) is 71.6 Å². The number of hydrogen-bond donors (Lipinski definition) is 3. The van der Waals surface area contributed by atoms with Gasteiger partial charge >= 0.3 is 6.03 Å². The van der Waals surface area contributed by atoms with Crippen LogP contribution >= 0.6 is 0 Å². The Morgan fingerprint density at radius 1 is 1.13 bits per heavy atom. The molecule has 1 unspecified atom stereocenters. The quantitative estimate of drug-likeness (QED) is 0.389. The summed E-state index contributed by atoms with van der Waals surface area (Å²) in [6.45, 7) is 8.27. The molecule has 1 aliphatic heterocycles. The first-order chi connectivity index (χ1) is 18.5. The number of urea groups is 1. The first-order valence-corrected chi connectivity index (χ1v) is 12.7. The fourth-order valence-electron chi connectivity index (χ4n) is 4.53. The topological polar surface area (TPSA) is 102 Å². The van der Waals surface area contributed by atoms with Crippen LogP contribution in [-0.4, -0.2) is 59.5 Å². The lowest BCUT2D eigenvalue weighted by molar-refractivity contribution is 0.0943. The SMILES string of the molecule is Cc1ccc(C(=O)NC(C)C)cc1-c1nc(NC(C)CN(C)C)nc2c1CNC(=O)N2c1c(F)cccc1F. The van der Waals surface area contributed by atoms with E-state index in [1.807, 2.05) is 52.8 Å². The summed E-state index contributed by atoms with van der Waals surface area (Å²) in [5.74, 6) is -1.81. The summed E-state index contributed by atoms with van der Waals surface area (Å²) in [4.78, 5) is 38.1. The third-order valence-electron chi connectivity index (χ3n) is 6.17. The zero-order valence-electron chi connectivity index (χ0n) is 22.9. The monoisotopic (exact) mass is 537 g/mol. The van der Waals surface area contributed by atoms with Crippen LogP contribution in [0.2, 0.25) is 0 Å². The summed E-state index contributed by atoms with van der Waals surface area (Å²) in [6, 6.07) is 7.81. The van der Waals surface area contributed by atoms with Crippen molar-refractivity contribution in [3.8, 4) is 11.3 Å². The molecule has 1 aliphatic rings. The molecule has 1 aromatic heterocycles. The molecule has 0 saturated heterocycles. The number of para-hydroxylation sites is 1. The lowest BCUT2D eigenvalue weighted by Crippen LogP contribution is -2.43. The highest BCUT2D eigenvalue weighted by Gasteiger charge is 2.34. The van der Waals surface area contributed by atoms with E-state index < -0.39 is 23.4 Å². The first kappa shape index (κ1) is 27.9. The van der Waals surface area contributed by atoms with Crippen molar-refractivity contribution < 1.29 is 18.4 Å². The van der Waals surface area contributed by atoms with Crippen LogP contribution in [-0.2, 0) is 6.54 Å². The highest BCUT2D eigenvalue weighted by atomic mass is 19.1. The van der Waals surface area contributed by atoms with Gasteiger partial charge in [0.1, 0.15) is 17.3 Å². The molecule has 39 heavy (non-hydrogen) atoms. The molecular formula is C28H33F2N7O2. The third kappa shape index (κ3) is 5.98. The number of aryl methyl sites for hydroxylation is 1. The second kappa shape index (κ2) is 11.3. The van der Waals surface area contributed by atoms with E-state index in [1.54, 1.807) is 12.1 Å². The van der Waals surface area contributed by atoms with Gasteiger partial charge in [-0.2, -0.15) is 4.98 Å². The number of benzene rings is 2. The number of nitrogens with one attached hydrogen (secondary N) is 3. The van der Waals surface area contributed by atoms with Crippen LogP contribution in [0.25, 0.3) is 11.3 Å². The summed E-state index contributed by atoms with van der Waals surface area (Å²) < 4.78 is 29.8. The number of halogens is 2. The third-order valence-corrected chi connectivity index (χ3v) is 6.17. The van der Waals surface area contributed by atoms with Crippen molar-refractivity contribution >= 4 is 29.4 Å². The molecular weight excluding hydrogens is 504 g/mol. The Hall–Kier alpha value is -4.12. The molecule has 0 aliphatic carbocycles. The summed E-state index contributed by atoms with van der Waals surface area (Å²) in [5, 5.41) is 8.82. The molecule has 0 bridgehead atoms. The Morgan fingerprint density at radius 2 is 1.82 bits per heavy atom. The van der Waals surface area contributed by atoms with Crippen LogP contribution < -0.4 is 20.9 Å². The smallest absolute Gasteiger partial charge is 0.328 e. The Labute approximate surface area is 226 Å². The normalized spacial score (nSPS) is 13.8. The van der Waals surface area contributed by atoms with Gasteiger partial charge in [0.2, 0.25) is 5.95 Å². The van der Waals surface area contributed by atoms with E-state index in [9.17, 15) is 18.4 Å². The number of amides is 3. The van der Waals surface area contributed by atoms with Gasteiger partial charge in [0.15, 0.2) is 5.82 Å². The van der Waals surface area contributed by atoms with E-state index in [4.69, 9.17) is 4.98 Å². The Morgan fingerprint density at radius 3 is 2.46 bits per heavy atom. The van der Waals surface area contributed by atoms with Gasteiger partial charge < -0.3 is 20.9 Å². The van der Waals surface area contributed by atoms with Gasteiger partial charge in [0, 0.05) is 35.3 Å². The molecule has 3 aromatic rings. The van der Waals surface area contributed by atoms with Crippen LogP contribution in [0.4, 0.5) is 31.0 Å². The van der Waals surface area contributed by atoms with E-state index >= 15 is 0 Å². The van der Waals surface area contributed by atoms with Crippen LogP contribution in [0.15, 0.2) is 36.4 Å². The van der Waals surface area contributed by atoms with Gasteiger partial charge in [-0.25, -0.2) is 23.5 Å². The second-order valence-electron chi connectivity index (χ2n) is 10.2. The van der Waals surface area contributed by atoms with Crippen LogP contribution in [0.3, 0.4) is 0 Å². The number of carbonyl (C=O) groups is 2. The highest BCUT2D eigenvalue weighted by molar-refractivity contribution is 6.02. The van der Waals surface area contributed by atoms with Crippen molar-refractivity contribution in [3.05, 3.63) is 64.7 Å². The lowest BCUT2D eigenvalue weighted by atomic mass is 9.97. The van der Waals surface area contributed by atoms with E-state index in [-0.39, 0.29) is 36.3 Å². The molecule has 2 aromatic carbocycles. The molecule has 0 radical (unpaired) electrons. The van der Waals surface area contributed by atoms with Gasteiger partial charge in [-0.1, -0.05) is 12.1 Å². The second-order valence-corrected chi connectivity index (χ2v) is 10.2. The number of carbonyl (C=O) groups excluding carboxylic acids is 2. The molecule has 1 atom stereocenters. The largest absolute Gasteiger partial charge is 0.350 e. The number of hydrogen-bond acceptors (Lipinski definition) is 6. The molecule has 3 amide bonds. The number of anilines is 3.